The van der Waals surface area contributed by atoms with Gasteiger partial charge in [0.15, 0.2) is 17.3 Å². The van der Waals surface area contributed by atoms with Crippen LogP contribution in [0.25, 0.3) is 22.4 Å². The number of ether oxygens (including phenoxy) is 1. The quantitative estimate of drug-likeness (QED) is 0.229. The van der Waals surface area contributed by atoms with E-state index in [1.54, 1.807) is 54.5 Å². The Hall–Kier alpha value is -4.92. The van der Waals surface area contributed by atoms with E-state index in [2.05, 4.69) is 20.4 Å². The molecule has 0 aliphatic carbocycles. The lowest BCUT2D eigenvalue weighted by Crippen LogP contribution is -2.07. The number of rotatable bonds is 8. The summed E-state index contributed by atoms with van der Waals surface area (Å²) in [6.45, 7) is 4.04. The fourth-order valence-electron chi connectivity index (χ4n) is 4.06. The van der Waals surface area contributed by atoms with E-state index in [1.807, 2.05) is 44.3 Å². The number of benzene rings is 2. The molecule has 0 unspecified atom stereocenters. The van der Waals surface area contributed by atoms with E-state index in [4.69, 9.17) is 9.72 Å². The van der Waals surface area contributed by atoms with Gasteiger partial charge >= 0.3 is 5.97 Å². The molecule has 3 heterocycles. The molecule has 5 aromatic rings. The maximum Gasteiger partial charge on any atom is 0.338 e. The molecule has 0 amide bonds. The van der Waals surface area contributed by atoms with Crippen molar-refractivity contribution in [2.75, 3.05) is 11.9 Å². The van der Waals surface area contributed by atoms with Gasteiger partial charge in [0, 0.05) is 42.7 Å². The molecule has 38 heavy (non-hydrogen) atoms. The van der Waals surface area contributed by atoms with Crippen LogP contribution in [0.4, 0.5) is 11.5 Å². The highest BCUT2D eigenvalue weighted by molar-refractivity contribution is 5.99. The van der Waals surface area contributed by atoms with E-state index in [0.717, 1.165) is 27.8 Å². The monoisotopic (exact) mass is 506 g/mol. The molecule has 0 aliphatic rings. The number of ketones is 1. The van der Waals surface area contributed by atoms with E-state index in [-0.39, 0.29) is 18.2 Å². The maximum absolute atomic E-state index is 13.1. The van der Waals surface area contributed by atoms with Gasteiger partial charge in [-0.15, -0.1) is 0 Å². The van der Waals surface area contributed by atoms with E-state index in [0.29, 0.717) is 35.0 Å². The Morgan fingerprint density at radius 2 is 1.79 bits per heavy atom. The van der Waals surface area contributed by atoms with Gasteiger partial charge in [-0.3, -0.25) is 14.5 Å². The maximum atomic E-state index is 13.1. The number of carbonyl (C=O) groups excluding carboxylic acids is 2. The number of carbonyl (C=O) groups is 2. The molecule has 0 aliphatic heterocycles. The number of nitrogens with zero attached hydrogens (tertiary/aromatic N) is 5. The highest BCUT2D eigenvalue weighted by Crippen LogP contribution is 2.29. The number of anilines is 2. The first-order valence-electron chi connectivity index (χ1n) is 12.2. The lowest BCUT2D eigenvalue weighted by Gasteiger charge is -2.13. The van der Waals surface area contributed by atoms with Gasteiger partial charge < -0.3 is 10.1 Å². The van der Waals surface area contributed by atoms with Crippen LogP contribution in [0, 0.1) is 6.92 Å². The number of fused-ring (bicyclic) bond motifs is 1. The smallest absolute Gasteiger partial charge is 0.338 e. The predicted octanol–water partition coefficient (Wildman–Crippen LogP) is 5.08. The fraction of sp³-hybridized carbons (Fsp3) is 0.172. The molecule has 0 fully saturated rings. The van der Waals surface area contributed by atoms with Crippen molar-refractivity contribution in [3.05, 3.63) is 95.4 Å². The molecular weight excluding hydrogens is 480 g/mol. The summed E-state index contributed by atoms with van der Waals surface area (Å²) in [6, 6.07) is 16.2. The Morgan fingerprint density at radius 3 is 2.53 bits per heavy atom. The van der Waals surface area contributed by atoms with Gasteiger partial charge in [-0.1, -0.05) is 24.3 Å². The van der Waals surface area contributed by atoms with Crippen LogP contribution in [-0.2, 0) is 18.2 Å². The molecule has 190 valence electrons. The Morgan fingerprint density at radius 1 is 1.00 bits per heavy atom. The topological polar surface area (TPSA) is 112 Å². The molecule has 1 N–H and O–H groups in total. The molecule has 0 saturated heterocycles. The number of hydrogen-bond donors (Lipinski definition) is 1. The first kappa shape index (κ1) is 24.8. The molecule has 2 aromatic carbocycles. The summed E-state index contributed by atoms with van der Waals surface area (Å²) in [5.41, 5.74) is 5.02. The van der Waals surface area contributed by atoms with Gasteiger partial charge in [0.25, 0.3) is 0 Å². The number of Topliss-reactive ketones (excluding diaryl/α,β-unsaturated/α-hetero) is 1. The summed E-state index contributed by atoms with van der Waals surface area (Å²) in [6.07, 6.45) is 5.34. The molecule has 0 atom stereocenters. The van der Waals surface area contributed by atoms with E-state index in [9.17, 15) is 9.59 Å². The summed E-state index contributed by atoms with van der Waals surface area (Å²) in [5, 5.41) is 8.51. The van der Waals surface area contributed by atoms with Crippen molar-refractivity contribution >= 4 is 34.3 Å². The van der Waals surface area contributed by atoms with Crippen LogP contribution in [0.2, 0.25) is 0 Å². The van der Waals surface area contributed by atoms with Crippen molar-refractivity contribution in [2.45, 2.75) is 20.3 Å². The number of hydrogen-bond acceptors (Lipinski definition) is 8. The molecule has 0 spiro atoms. The van der Waals surface area contributed by atoms with Gasteiger partial charge in [-0.25, -0.2) is 14.8 Å². The van der Waals surface area contributed by atoms with E-state index >= 15 is 0 Å². The van der Waals surface area contributed by atoms with Crippen LogP contribution in [0.3, 0.4) is 0 Å². The highest BCUT2D eigenvalue weighted by Gasteiger charge is 2.16. The van der Waals surface area contributed by atoms with Gasteiger partial charge in [0.2, 0.25) is 0 Å². The normalized spacial score (nSPS) is 10.9. The molecule has 3 aromatic heterocycles. The molecule has 9 heteroatoms. The molecule has 0 bridgehead atoms. The first-order valence-corrected chi connectivity index (χ1v) is 12.2. The lowest BCUT2D eigenvalue weighted by atomic mass is 10.00. The summed E-state index contributed by atoms with van der Waals surface area (Å²) < 4.78 is 6.72. The minimum atomic E-state index is -0.376. The fourth-order valence-corrected chi connectivity index (χ4v) is 4.06. The van der Waals surface area contributed by atoms with Crippen LogP contribution >= 0.6 is 0 Å². The number of esters is 1. The van der Waals surface area contributed by atoms with Crippen molar-refractivity contribution in [2.24, 2.45) is 7.05 Å². The van der Waals surface area contributed by atoms with Crippen molar-refractivity contribution < 1.29 is 14.3 Å². The standard InChI is InChI=1S/C29H26N6O3/c1-4-38-29(37)20-11-8-19(9-12-20)14-25(36)21-10-7-18(2)24(15-21)32-27-23-17-31-35(3)28(23)34-26(33-27)22-6-5-13-30-16-22/h5-13,15-17H,4,14H2,1-3H3,(H,32,33,34). The molecular formula is C29H26N6O3. The van der Waals surface area contributed by atoms with Gasteiger partial charge in [0.05, 0.1) is 23.8 Å². The average Bonchev–Trinajstić information content (AvgIpc) is 3.31. The second-order valence-electron chi connectivity index (χ2n) is 8.82. The number of nitrogens with one attached hydrogen (secondary N) is 1. The Labute approximate surface area is 219 Å². The summed E-state index contributed by atoms with van der Waals surface area (Å²) in [4.78, 5) is 38.7. The minimum absolute atomic E-state index is 0.0396. The van der Waals surface area contributed by atoms with Gasteiger partial charge in [-0.05, 0) is 55.3 Å². The van der Waals surface area contributed by atoms with Crippen LogP contribution in [0.5, 0.6) is 0 Å². The van der Waals surface area contributed by atoms with Crippen molar-refractivity contribution in [1.29, 1.82) is 0 Å². The van der Waals surface area contributed by atoms with E-state index < -0.39 is 0 Å². The minimum Gasteiger partial charge on any atom is -0.462 e. The van der Waals surface area contributed by atoms with E-state index in [1.165, 1.54) is 0 Å². The second-order valence-corrected chi connectivity index (χ2v) is 8.82. The highest BCUT2D eigenvalue weighted by atomic mass is 16.5. The van der Waals surface area contributed by atoms with Crippen molar-refractivity contribution in [3.8, 4) is 11.4 Å². The zero-order valence-electron chi connectivity index (χ0n) is 21.3. The van der Waals surface area contributed by atoms with Gasteiger partial charge in [0.1, 0.15) is 5.82 Å². The Balaban J connectivity index is 1.42. The van der Waals surface area contributed by atoms with Crippen LogP contribution in [0.15, 0.2) is 73.2 Å². The van der Waals surface area contributed by atoms with Crippen LogP contribution in [0.1, 0.15) is 38.8 Å². The summed E-state index contributed by atoms with van der Waals surface area (Å²) in [7, 11) is 1.83. The third-order valence-corrected chi connectivity index (χ3v) is 6.15. The third-order valence-electron chi connectivity index (χ3n) is 6.15. The number of pyridine rings is 1. The summed E-state index contributed by atoms with van der Waals surface area (Å²) >= 11 is 0. The third kappa shape index (κ3) is 5.12. The average molecular weight is 507 g/mol. The molecule has 0 saturated carbocycles. The number of aryl methyl sites for hydroxylation is 2. The first-order chi connectivity index (χ1) is 18.4. The second kappa shape index (κ2) is 10.6. The van der Waals surface area contributed by atoms with Crippen molar-refractivity contribution in [1.82, 2.24) is 24.7 Å². The molecule has 0 radical (unpaired) electrons. The molecule has 5 rings (SSSR count). The van der Waals surface area contributed by atoms with Crippen LogP contribution < -0.4 is 5.32 Å². The Kier molecular flexibility index (Phi) is 6.90. The number of aromatic nitrogens is 5. The molecule has 9 nitrogen and oxygen atoms in total. The van der Waals surface area contributed by atoms with Crippen molar-refractivity contribution in [3.63, 3.8) is 0 Å². The van der Waals surface area contributed by atoms with Crippen LogP contribution in [-0.4, -0.2) is 43.1 Å². The van der Waals surface area contributed by atoms with Gasteiger partial charge in [-0.2, -0.15) is 5.10 Å². The predicted molar refractivity (Wildman–Crippen MR) is 144 cm³/mol. The Bertz CT molecular complexity index is 1630. The summed E-state index contributed by atoms with van der Waals surface area (Å²) in [5.74, 6) is 0.693. The zero-order chi connectivity index (χ0) is 26.6. The zero-order valence-corrected chi connectivity index (χ0v) is 21.3. The largest absolute Gasteiger partial charge is 0.462 e. The SMILES string of the molecule is CCOC(=O)c1ccc(CC(=O)c2ccc(C)c(Nc3nc(-c4cccnc4)nc4c3cnn4C)c2)cc1. The lowest BCUT2D eigenvalue weighted by molar-refractivity contribution is 0.0526.